The number of para-hydroxylation sites is 2. The van der Waals surface area contributed by atoms with Crippen molar-refractivity contribution in [1.82, 2.24) is 14.8 Å². The van der Waals surface area contributed by atoms with Gasteiger partial charge < -0.3 is 9.15 Å². The van der Waals surface area contributed by atoms with Crippen LogP contribution in [0.1, 0.15) is 0 Å². The molecule has 114 valence electrons. The van der Waals surface area contributed by atoms with Crippen molar-refractivity contribution >= 4 is 11.1 Å². The van der Waals surface area contributed by atoms with Crippen LogP contribution in [0, 0.1) is 0 Å². The van der Waals surface area contributed by atoms with Crippen LogP contribution in [0.4, 0.5) is 0 Å². The van der Waals surface area contributed by atoms with Crippen molar-refractivity contribution in [1.29, 1.82) is 0 Å². The molecule has 0 spiro atoms. The summed E-state index contributed by atoms with van der Waals surface area (Å²) in [5, 5.41) is 3.02. The zero-order chi connectivity index (χ0) is 15.8. The maximum atomic E-state index is 12.2. The van der Waals surface area contributed by atoms with Gasteiger partial charge in [0.15, 0.2) is 5.58 Å². The highest BCUT2D eigenvalue weighted by Crippen LogP contribution is 2.22. The standard InChI is InChI=1S/C17H13N3O3/c1-22-12-6-4-5-11(9-12)14-10-16(21)20(19-14)17-18-13-7-2-3-8-15(13)23-17/h2-10,19H,1H3. The van der Waals surface area contributed by atoms with E-state index >= 15 is 0 Å². The van der Waals surface area contributed by atoms with Gasteiger partial charge in [0, 0.05) is 11.6 Å². The molecule has 0 fully saturated rings. The molecule has 0 bridgehead atoms. The molecule has 0 aliphatic carbocycles. The number of ether oxygens (including phenoxy) is 1. The number of hydrogen-bond donors (Lipinski definition) is 1. The van der Waals surface area contributed by atoms with Crippen molar-refractivity contribution in [2.24, 2.45) is 0 Å². The van der Waals surface area contributed by atoms with Gasteiger partial charge in [-0.25, -0.2) is 0 Å². The Hall–Kier alpha value is -3.28. The SMILES string of the molecule is COc1cccc(-c2cc(=O)n(-c3nc4ccccc4o3)[nH]2)c1. The Labute approximate surface area is 130 Å². The first kappa shape index (κ1) is 13.4. The Balaban J connectivity index is 1.81. The third-order valence-corrected chi connectivity index (χ3v) is 3.58. The summed E-state index contributed by atoms with van der Waals surface area (Å²) in [6, 6.07) is 16.5. The van der Waals surface area contributed by atoms with Gasteiger partial charge in [0.2, 0.25) is 0 Å². The Morgan fingerprint density at radius 1 is 1.13 bits per heavy atom. The van der Waals surface area contributed by atoms with E-state index in [1.807, 2.05) is 48.5 Å². The topological polar surface area (TPSA) is 73.1 Å². The predicted octanol–water partition coefficient (Wildman–Crippen LogP) is 2.98. The van der Waals surface area contributed by atoms with Gasteiger partial charge in [-0.3, -0.25) is 9.89 Å². The summed E-state index contributed by atoms with van der Waals surface area (Å²) in [5.74, 6) is 0.720. The smallest absolute Gasteiger partial charge is 0.325 e. The van der Waals surface area contributed by atoms with Crippen LogP contribution in [0.25, 0.3) is 28.4 Å². The number of aromatic amines is 1. The van der Waals surface area contributed by atoms with Crippen LogP contribution in [0.2, 0.25) is 0 Å². The fourth-order valence-electron chi connectivity index (χ4n) is 2.43. The van der Waals surface area contributed by atoms with E-state index in [0.717, 1.165) is 11.3 Å². The van der Waals surface area contributed by atoms with Gasteiger partial charge in [0.05, 0.1) is 12.8 Å². The molecule has 2 aromatic carbocycles. The molecule has 0 radical (unpaired) electrons. The van der Waals surface area contributed by atoms with Crippen molar-refractivity contribution < 1.29 is 9.15 Å². The number of nitrogens with zero attached hydrogens (tertiary/aromatic N) is 2. The van der Waals surface area contributed by atoms with E-state index < -0.39 is 0 Å². The molecule has 1 N–H and O–H groups in total. The summed E-state index contributed by atoms with van der Waals surface area (Å²) in [6.45, 7) is 0. The average molecular weight is 307 g/mol. The first-order valence-electron chi connectivity index (χ1n) is 7.07. The van der Waals surface area contributed by atoms with Crippen LogP contribution in [0.5, 0.6) is 5.75 Å². The monoisotopic (exact) mass is 307 g/mol. The average Bonchev–Trinajstić information content (AvgIpc) is 3.18. The minimum atomic E-state index is -0.241. The molecule has 6 nitrogen and oxygen atoms in total. The number of nitrogens with one attached hydrogen (secondary N) is 1. The molecule has 0 saturated carbocycles. The molecule has 0 saturated heterocycles. The molecule has 4 aromatic rings. The van der Waals surface area contributed by atoms with Crippen molar-refractivity contribution in [2.45, 2.75) is 0 Å². The third kappa shape index (κ3) is 2.30. The molecule has 0 unspecified atom stereocenters. The third-order valence-electron chi connectivity index (χ3n) is 3.58. The normalized spacial score (nSPS) is 11.0. The quantitative estimate of drug-likeness (QED) is 0.631. The number of aromatic nitrogens is 3. The maximum absolute atomic E-state index is 12.2. The molecule has 0 amide bonds. The molecule has 6 heteroatoms. The van der Waals surface area contributed by atoms with E-state index in [1.165, 1.54) is 10.7 Å². The summed E-state index contributed by atoms with van der Waals surface area (Å²) in [5.41, 5.74) is 2.60. The number of fused-ring (bicyclic) bond motifs is 1. The number of H-pyrrole nitrogens is 1. The van der Waals surface area contributed by atoms with E-state index in [9.17, 15) is 4.79 Å². The second-order valence-corrected chi connectivity index (χ2v) is 5.04. The van der Waals surface area contributed by atoms with E-state index in [2.05, 4.69) is 10.1 Å². The van der Waals surface area contributed by atoms with Crippen LogP contribution < -0.4 is 10.3 Å². The first-order chi connectivity index (χ1) is 11.2. The van der Waals surface area contributed by atoms with Crippen LogP contribution >= 0.6 is 0 Å². The van der Waals surface area contributed by atoms with Gasteiger partial charge in [0.1, 0.15) is 11.3 Å². The van der Waals surface area contributed by atoms with Crippen LogP contribution in [-0.4, -0.2) is 21.9 Å². The summed E-state index contributed by atoms with van der Waals surface area (Å²) in [6.07, 6.45) is 0. The second kappa shape index (κ2) is 5.17. The Kier molecular flexibility index (Phi) is 3.01. The number of rotatable bonds is 3. The van der Waals surface area contributed by atoms with Crippen molar-refractivity contribution in [3.8, 4) is 23.0 Å². The predicted molar refractivity (Wildman–Crippen MR) is 85.9 cm³/mol. The lowest BCUT2D eigenvalue weighted by atomic mass is 10.1. The van der Waals surface area contributed by atoms with E-state index in [0.29, 0.717) is 16.8 Å². The van der Waals surface area contributed by atoms with Gasteiger partial charge >= 0.3 is 6.01 Å². The number of benzene rings is 2. The van der Waals surface area contributed by atoms with Gasteiger partial charge in [-0.1, -0.05) is 24.3 Å². The van der Waals surface area contributed by atoms with Crippen molar-refractivity contribution in [2.75, 3.05) is 7.11 Å². The summed E-state index contributed by atoms with van der Waals surface area (Å²) in [4.78, 5) is 16.6. The lowest BCUT2D eigenvalue weighted by Crippen LogP contribution is -2.13. The van der Waals surface area contributed by atoms with E-state index in [-0.39, 0.29) is 11.6 Å². The molecule has 23 heavy (non-hydrogen) atoms. The number of methoxy groups -OCH3 is 1. The Morgan fingerprint density at radius 3 is 2.83 bits per heavy atom. The minimum absolute atomic E-state index is 0.213. The van der Waals surface area contributed by atoms with Gasteiger partial charge in [0.25, 0.3) is 5.56 Å². The van der Waals surface area contributed by atoms with Crippen LogP contribution in [0.15, 0.2) is 63.8 Å². The fraction of sp³-hybridized carbons (Fsp3) is 0.0588. The highest BCUT2D eigenvalue weighted by Gasteiger charge is 2.13. The summed E-state index contributed by atoms with van der Waals surface area (Å²) < 4.78 is 12.1. The van der Waals surface area contributed by atoms with Gasteiger partial charge in [-0.05, 0) is 24.3 Å². The second-order valence-electron chi connectivity index (χ2n) is 5.04. The largest absolute Gasteiger partial charge is 0.497 e. The van der Waals surface area contributed by atoms with Crippen LogP contribution in [-0.2, 0) is 0 Å². The summed E-state index contributed by atoms with van der Waals surface area (Å²) >= 11 is 0. The number of hydrogen-bond acceptors (Lipinski definition) is 4. The molecule has 2 heterocycles. The highest BCUT2D eigenvalue weighted by atomic mass is 16.5. The Morgan fingerprint density at radius 2 is 2.00 bits per heavy atom. The molecule has 2 aromatic heterocycles. The Bertz CT molecular complexity index is 1010. The molecule has 0 aliphatic rings. The van der Waals surface area contributed by atoms with Crippen molar-refractivity contribution in [3.05, 3.63) is 65.0 Å². The zero-order valence-corrected chi connectivity index (χ0v) is 12.3. The lowest BCUT2D eigenvalue weighted by Gasteiger charge is -2.02. The summed E-state index contributed by atoms with van der Waals surface area (Å²) in [7, 11) is 1.60. The van der Waals surface area contributed by atoms with E-state index in [4.69, 9.17) is 9.15 Å². The molecule has 0 aliphatic heterocycles. The van der Waals surface area contributed by atoms with Gasteiger partial charge in [-0.2, -0.15) is 9.67 Å². The van der Waals surface area contributed by atoms with Crippen LogP contribution in [0.3, 0.4) is 0 Å². The molecular formula is C17H13N3O3. The van der Waals surface area contributed by atoms with Gasteiger partial charge in [-0.15, -0.1) is 0 Å². The molecular weight excluding hydrogens is 294 g/mol. The molecule has 4 rings (SSSR count). The maximum Gasteiger partial charge on any atom is 0.325 e. The minimum Gasteiger partial charge on any atom is -0.497 e. The van der Waals surface area contributed by atoms with E-state index in [1.54, 1.807) is 7.11 Å². The first-order valence-corrected chi connectivity index (χ1v) is 7.07. The zero-order valence-electron chi connectivity index (χ0n) is 12.3. The number of oxazole rings is 1. The molecule has 0 atom stereocenters. The lowest BCUT2D eigenvalue weighted by molar-refractivity contribution is 0.415. The highest BCUT2D eigenvalue weighted by molar-refractivity contribution is 5.73. The van der Waals surface area contributed by atoms with Crippen molar-refractivity contribution in [3.63, 3.8) is 0 Å². The fourth-order valence-corrected chi connectivity index (χ4v) is 2.43.